The summed E-state index contributed by atoms with van der Waals surface area (Å²) in [6.07, 6.45) is 29.7. The molecule has 6 nitrogen and oxygen atoms in total. The molecule has 0 aromatic heterocycles. The van der Waals surface area contributed by atoms with E-state index >= 15 is 0 Å². The summed E-state index contributed by atoms with van der Waals surface area (Å²) in [5, 5.41) is 0.416. The Morgan fingerprint density at radius 2 is 0.780 bits per heavy atom. The van der Waals surface area contributed by atoms with E-state index in [-0.39, 0.29) is 0 Å². The Morgan fingerprint density at radius 3 is 1.15 bits per heavy atom. The van der Waals surface area contributed by atoms with Gasteiger partial charge < -0.3 is 14.7 Å². The Kier molecular flexibility index (Phi) is 27.3. The summed E-state index contributed by atoms with van der Waals surface area (Å²) in [5.41, 5.74) is 3.76. The van der Waals surface area contributed by atoms with Gasteiger partial charge in [0.2, 0.25) is 0 Å². The zero-order valence-electron chi connectivity index (χ0n) is 26.7. The minimum Gasteiger partial charge on any atom is -0.328 e. The lowest BCUT2D eigenvalue weighted by molar-refractivity contribution is 0.346. The van der Waals surface area contributed by atoms with E-state index in [2.05, 4.69) is 26.8 Å². The van der Waals surface area contributed by atoms with Gasteiger partial charge in [-0.2, -0.15) is 14.7 Å². The molecule has 1 rings (SSSR count). The lowest BCUT2D eigenvalue weighted by atomic mass is 9.90. The molecule has 0 unspecified atom stereocenters. The van der Waals surface area contributed by atoms with E-state index in [1.54, 1.807) is 0 Å². The molecule has 0 atom stereocenters. The number of benzene rings is 1. The average Bonchev–Trinajstić information content (AvgIpc) is 2.91. The lowest BCUT2D eigenvalue weighted by Crippen LogP contribution is -2.19. The van der Waals surface area contributed by atoms with Crippen molar-refractivity contribution in [2.24, 2.45) is 0 Å². The molecule has 0 aliphatic rings. The molecular weight excluding hydrogens is 554 g/mol. The fraction of sp³-hybridized carbons (Fsp3) is 0.818. The maximum Gasteiger partial charge on any atom is 0.441 e. The van der Waals surface area contributed by atoms with E-state index < -0.39 is 16.5 Å². The highest BCUT2D eigenvalue weighted by molar-refractivity contribution is 7.66. The normalized spacial score (nSPS) is 11.7. The second-order valence-corrected chi connectivity index (χ2v) is 13.8. The van der Waals surface area contributed by atoms with Crippen LogP contribution in [-0.2, 0) is 19.3 Å². The van der Waals surface area contributed by atoms with E-state index in [0.29, 0.717) is 5.30 Å². The van der Waals surface area contributed by atoms with Crippen molar-refractivity contribution >= 4 is 21.9 Å². The van der Waals surface area contributed by atoms with Crippen molar-refractivity contribution in [2.75, 3.05) is 0 Å². The molecule has 0 fully saturated rings. The molecule has 0 aliphatic heterocycles. The predicted octanol–water partition coefficient (Wildman–Crippen LogP) is 9.12. The molecule has 0 amide bonds. The van der Waals surface area contributed by atoms with Gasteiger partial charge in [-0.25, -0.2) is 0 Å². The second kappa shape index (κ2) is 27.4. The minimum atomic E-state index is -4.03. The number of aryl methyl sites for hydroxylation is 1. The van der Waals surface area contributed by atoms with Crippen molar-refractivity contribution in [3.8, 4) is 0 Å². The van der Waals surface area contributed by atoms with Crippen LogP contribution in [0, 0.1) is 0 Å². The Bertz CT molecular complexity index is 722. The largest absolute Gasteiger partial charge is 0.441 e. The summed E-state index contributed by atoms with van der Waals surface area (Å²) in [6, 6.07) is 3.92. The van der Waals surface area contributed by atoms with Crippen LogP contribution in [0.2, 0.25) is 0 Å². The highest BCUT2D eigenvalue weighted by Crippen LogP contribution is 2.45. The molecule has 1 aromatic rings. The topological polar surface area (TPSA) is 121 Å². The van der Waals surface area contributed by atoms with Gasteiger partial charge in [-0.1, -0.05) is 142 Å². The molecule has 0 saturated carbocycles. The first-order chi connectivity index (χ1) is 19.7. The highest BCUT2D eigenvalue weighted by atomic mass is 31.2. The third kappa shape index (κ3) is 23.0. The first kappa shape index (κ1) is 40.8. The summed E-state index contributed by atoms with van der Waals surface area (Å²) in [6.45, 7) is 6.78. The maximum atomic E-state index is 10.3. The Morgan fingerprint density at radius 1 is 0.463 bits per heavy atom. The van der Waals surface area contributed by atoms with E-state index in [1.807, 2.05) is 6.07 Å². The van der Waals surface area contributed by atoms with Crippen LogP contribution >= 0.6 is 16.5 Å². The molecule has 0 radical (unpaired) electrons. The van der Waals surface area contributed by atoms with Gasteiger partial charge in [0.05, 0.1) is 0 Å². The van der Waals surface area contributed by atoms with Crippen molar-refractivity contribution in [3.05, 3.63) is 28.8 Å². The number of rotatable bonds is 25. The first-order valence-corrected chi connectivity index (χ1v) is 19.6. The van der Waals surface area contributed by atoms with Gasteiger partial charge in [-0.15, -0.1) is 0 Å². The van der Waals surface area contributed by atoms with Crippen LogP contribution in [0.5, 0.6) is 0 Å². The quantitative estimate of drug-likeness (QED) is 0.0480. The summed E-state index contributed by atoms with van der Waals surface area (Å²) < 4.78 is 0. The van der Waals surface area contributed by atoms with Crippen molar-refractivity contribution in [2.45, 2.75) is 175 Å². The maximum absolute atomic E-state index is 10.3. The van der Waals surface area contributed by atoms with Crippen LogP contribution in [0.1, 0.15) is 172 Å². The molecule has 6 N–H and O–H groups in total. The van der Waals surface area contributed by atoms with Crippen LogP contribution in [0.4, 0.5) is 0 Å². The number of unbranched alkanes of at least 4 members (excludes halogenated alkanes) is 18. The summed E-state index contributed by atoms with van der Waals surface area (Å²) in [7, 11) is -6.65. The van der Waals surface area contributed by atoms with Crippen LogP contribution in [0.3, 0.4) is 0 Å². The van der Waals surface area contributed by atoms with Crippen molar-refractivity contribution in [1.82, 2.24) is 0 Å². The summed E-state index contributed by atoms with van der Waals surface area (Å²) >= 11 is 0. The first-order valence-electron chi connectivity index (χ1n) is 16.8. The van der Waals surface area contributed by atoms with E-state index in [4.69, 9.17) is 14.7 Å². The summed E-state index contributed by atoms with van der Waals surface area (Å²) in [4.78, 5) is 52.6. The van der Waals surface area contributed by atoms with Crippen LogP contribution in [0.25, 0.3) is 0 Å². The molecule has 1 aromatic carbocycles. The smallest absolute Gasteiger partial charge is 0.328 e. The van der Waals surface area contributed by atoms with Gasteiger partial charge in [-0.05, 0) is 55.7 Å². The van der Waals surface area contributed by atoms with E-state index in [0.717, 1.165) is 37.7 Å². The molecule has 242 valence electrons. The fourth-order valence-corrected chi connectivity index (χ4v) is 6.51. The number of hydrogen-bond donors (Lipinski definition) is 6. The van der Waals surface area contributed by atoms with E-state index in [1.165, 1.54) is 133 Å². The number of hydrogen-bond acceptors (Lipinski definition) is 6. The van der Waals surface area contributed by atoms with Gasteiger partial charge in [0, 0.05) is 5.56 Å². The van der Waals surface area contributed by atoms with E-state index in [9.17, 15) is 14.7 Å². The van der Waals surface area contributed by atoms with Crippen molar-refractivity contribution in [3.63, 3.8) is 0 Å². The van der Waals surface area contributed by atoms with Crippen LogP contribution in [0.15, 0.2) is 12.1 Å². The van der Waals surface area contributed by atoms with Crippen molar-refractivity contribution in [1.29, 1.82) is 0 Å². The standard InChI is InChI=1S/C33H62O3P.H3O3P/c1-4-7-10-13-16-19-22-25-30-28-29-33(37(34,35)36)32(27-24-21-18-15-12-9-6-3)31(30)26-23-20-17-14-11-8-5-2;1-4(2)3/h28-29,34-36H,4-27H2,1-3H3;1-3H/q+1;. The Labute approximate surface area is 254 Å². The molecule has 41 heavy (non-hydrogen) atoms. The fourth-order valence-electron chi connectivity index (χ4n) is 5.63. The Hall–Kier alpha value is -0.160. The van der Waals surface area contributed by atoms with Gasteiger partial charge in [0.25, 0.3) is 0 Å². The van der Waals surface area contributed by atoms with Gasteiger partial charge in [0.1, 0.15) is 0 Å². The van der Waals surface area contributed by atoms with Crippen LogP contribution in [-0.4, -0.2) is 29.4 Å². The zero-order chi connectivity index (χ0) is 30.8. The molecule has 8 heteroatoms. The SMILES string of the molecule is CCCCCCCCCc1ccc([P+](O)(O)O)c(CCCCCCCCC)c1CCCCCCCCC.OP(O)O. The third-order valence-corrected chi connectivity index (χ3v) is 9.00. The molecule has 0 spiro atoms. The average molecular weight is 620 g/mol. The highest BCUT2D eigenvalue weighted by Gasteiger charge is 2.38. The molecular formula is C33H65O6P2+. The monoisotopic (exact) mass is 619 g/mol. The minimum absolute atomic E-state index is 0.416. The second-order valence-electron chi connectivity index (χ2n) is 11.7. The van der Waals surface area contributed by atoms with Crippen LogP contribution < -0.4 is 5.30 Å². The molecule has 0 aliphatic carbocycles. The van der Waals surface area contributed by atoms with Gasteiger partial charge in [0.15, 0.2) is 5.30 Å². The summed E-state index contributed by atoms with van der Waals surface area (Å²) in [5.74, 6) is 0. The molecule has 0 heterocycles. The third-order valence-electron chi connectivity index (χ3n) is 7.94. The van der Waals surface area contributed by atoms with Crippen molar-refractivity contribution < 1.29 is 29.4 Å². The zero-order valence-corrected chi connectivity index (χ0v) is 28.5. The molecule has 0 bridgehead atoms. The molecule has 0 saturated heterocycles. The van der Waals surface area contributed by atoms with Gasteiger partial charge in [-0.3, -0.25) is 0 Å². The Balaban J connectivity index is 0.00000373. The lowest BCUT2D eigenvalue weighted by Gasteiger charge is -2.19. The van der Waals surface area contributed by atoms with Gasteiger partial charge >= 0.3 is 16.5 Å². The predicted molar refractivity (Wildman–Crippen MR) is 178 cm³/mol.